The fourth-order valence-electron chi connectivity index (χ4n) is 1.29. The van der Waals surface area contributed by atoms with Crippen LogP contribution in [-0.2, 0) is 10.0 Å². The number of hydrogen-bond donors (Lipinski definition) is 3. The van der Waals surface area contributed by atoms with E-state index in [4.69, 9.17) is 16.7 Å². The molecule has 0 bridgehead atoms. The molecule has 0 radical (unpaired) electrons. The smallest absolute Gasteiger partial charge is 0.253 e. The van der Waals surface area contributed by atoms with Gasteiger partial charge in [0.15, 0.2) is 0 Å². The third kappa shape index (κ3) is 5.41. The number of carbonyl (C=O) groups is 1. The normalized spacial score (nSPS) is 11.1. The summed E-state index contributed by atoms with van der Waals surface area (Å²) in [5, 5.41) is 10.4. The van der Waals surface area contributed by atoms with Gasteiger partial charge in [-0.25, -0.2) is 18.5 Å². The number of nitrogens with zero attached hydrogens (tertiary/aromatic N) is 1. The van der Waals surface area contributed by atoms with E-state index in [-0.39, 0.29) is 22.9 Å². The summed E-state index contributed by atoms with van der Waals surface area (Å²) >= 11 is 5.87. The van der Waals surface area contributed by atoms with Crippen LogP contribution in [0.25, 0.3) is 0 Å². The molecule has 0 aromatic carbocycles. The predicted molar refractivity (Wildman–Crippen MR) is 73.7 cm³/mol. The van der Waals surface area contributed by atoms with Crippen LogP contribution >= 0.6 is 11.6 Å². The van der Waals surface area contributed by atoms with Gasteiger partial charge in [-0.2, -0.15) is 0 Å². The van der Waals surface area contributed by atoms with Crippen molar-refractivity contribution in [2.24, 2.45) is 5.14 Å². The molecule has 4 N–H and O–H groups in total. The number of anilines is 1. The van der Waals surface area contributed by atoms with E-state index in [0.29, 0.717) is 12.4 Å². The maximum atomic E-state index is 11.8. The van der Waals surface area contributed by atoms with Crippen LogP contribution < -0.4 is 15.8 Å². The number of halogens is 1. The maximum absolute atomic E-state index is 11.8. The SMILES string of the molecule is CCNc1cc(C(=O)NCCS(N)(=O)=O)c(Cl)cn1. The van der Waals surface area contributed by atoms with Gasteiger partial charge in [-0.15, -0.1) is 0 Å². The number of carbonyl (C=O) groups excluding carboxylic acids is 1. The van der Waals surface area contributed by atoms with Crippen LogP contribution in [0, 0.1) is 0 Å². The minimum absolute atomic E-state index is 0.0765. The number of sulfonamides is 1. The summed E-state index contributed by atoms with van der Waals surface area (Å²) in [5.74, 6) is -0.291. The Balaban J connectivity index is 2.73. The fourth-order valence-corrected chi connectivity index (χ4v) is 1.87. The van der Waals surface area contributed by atoms with E-state index in [1.807, 2.05) is 6.92 Å². The number of primary sulfonamides is 1. The molecule has 1 amide bonds. The lowest BCUT2D eigenvalue weighted by atomic mass is 10.2. The van der Waals surface area contributed by atoms with Gasteiger partial charge < -0.3 is 10.6 Å². The Kier molecular flexibility index (Phi) is 5.52. The number of nitrogens with two attached hydrogens (primary N) is 1. The molecule has 7 nitrogen and oxygen atoms in total. The quantitative estimate of drug-likeness (QED) is 0.694. The molecule has 0 unspecified atom stereocenters. The van der Waals surface area contributed by atoms with Gasteiger partial charge in [-0.05, 0) is 13.0 Å². The largest absolute Gasteiger partial charge is 0.370 e. The third-order valence-electron chi connectivity index (χ3n) is 2.13. The van der Waals surface area contributed by atoms with Crippen molar-refractivity contribution in [3.05, 3.63) is 22.8 Å². The summed E-state index contributed by atoms with van der Waals surface area (Å²) in [7, 11) is -3.60. The molecule has 1 heterocycles. The second kappa shape index (κ2) is 6.69. The van der Waals surface area contributed by atoms with Crippen molar-refractivity contribution < 1.29 is 13.2 Å². The van der Waals surface area contributed by atoms with Crippen molar-refractivity contribution in [1.29, 1.82) is 0 Å². The van der Waals surface area contributed by atoms with Gasteiger partial charge in [-0.3, -0.25) is 4.79 Å². The first-order chi connectivity index (χ1) is 8.83. The Hall–Kier alpha value is -1.38. The van der Waals surface area contributed by atoms with E-state index in [9.17, 15) is 13.2 Å². The first-order valence-electron chi connectivity index (χ1n) is 5.51. The fraction of sp³-hybridized carbons (Fsp3) is 0.400. The number of aromatic nitrogens is 1. The first kappa shape index (κ1) is 15.7. The minimum atomic E-state index is -3.60. The van der Waals surface area contributed by atoms with E-state index in [1.54, 1.807) is 0 Å². The molecule has 0 aliphatic carbocycles. The van der Waals surface area contributed by atoms with Crippen molar-refractivity contribution in [3.63, 3.8) is 0 Å². The van der Waals surface area contributed by atoms with Crippen LogP contribution in [0.3, 0.4) is 0 Å². The molecule has 0 aliphatic rings. The molecule has 1 rings (SSSR count). The Morgan fingerprint density at radius 1 is 1.53 bits per heavy atom. The number of rotatable bonds is 6. The highest BCUT2D eigenvalue weighted by molar-refractivity contribution is 7.89. The van der Waals surface area contributed by atoms with E-state index >= 15 is 0 Å². The molecule has 9 heteroatoms. The molecule has 0 spiro atoms. The maximum Gasteiger partial charge on any atom is 0.253 e. The number of pyridine rings is 1. The van der Waals surface area contributed by atoms with Crippen molar-refractivity contribution in [1.82, 2.24) is 10.3 Å². The van der Waals surface area contributed by atoms with Gasteiger partial charge >= 0.3 is 0 Å². The van der Waals surface area contributed by atoms with Gasteiger partial charge in [0, 0.05) is 19.3 Å². The van der Waals surface area contributed by atoms with Gasteiger partial charge in [0.25, 0.3) is 5.91 Å². The Labute approximate surface area is 116 Å². The summed E-state index contributed by atoms with van der Waals surface area (Å²) in [4.78, 5) is 15.8. The van der Waals surface area contributed by atoms with Crippen molar-refractivity contribution >= 4 is 33.3 Å². The molecule has 0 saturated heterocycles. The molecule has 0 fully saturated rings. The predicted octanol–water partition coefficient (Wildman–Crippen LogP) is 0.185. The zero-order valence-electron chi connectivity index (χ0n) is 10.3. The third-order valence-corrected chi connectivity index (χ3v) is 3.20. The summed E-state index contributed by atoms with van der Waals surface area (Å²) in [5.41, 5.74) is 0.224. The van der Waals surface area contributed by atoms with E-state index < -0.39 is 15.9 Å². The lowest BCUT2D eigenvalue weighted by Crippen LogP contribution is -2.31. The molecular formula is C10H15ClN4O3S. The monoisotopic (exact) mass is 306 g/mol. The van der Waals surface area contributed by atoms with Gasteiger partial charge in [0.05, 0.1) is 16.3 Å². The average Bonchev–Trinajstić information content (AvgIpc) is 2.30. The second-order valence-electron chi connectivity index (χ2n) is 3.70. The second-order valence-corrected chi connectivity index (χ2v) is 5.84. The van der Waals surface area contributed by atoms with Crippen molar-refractivity contribution in [3.8, 4) is 0 Å². The van der Waals surface area contributed by atoms with Crippen LogP contribution in [0.1, 0.15) is 17.3 Å². The lowest BCUT2D eigenvalue weighted by molar-refractivity contribution is 0.0956. The topological polar surface area (TPSA) is 114 Å². The highest BCUT2D eigenvalue weighted by Gasteiger charge is 2.12. The summed E-state index contributed by atoms with van der Waals surface area (Å²) in [6, 6.07) is 1.50. The molecule has 19 heavy (non-hydrogen) atoms. The van der Waals surface area contributed by atoms with Crippen LogP contribution in [0.5, 0.6) is 0 Å². The summed E-state index contributed by atoms with van der Waals surface area (Å²) in [6.45, 7) is 2.47. The van der Waals surface area contributed by atoms with Gasteiger partial charge in [0.2, 0.25) is 10.0 Å². The van der Waals surface area contributed by atoms with Crippen LogP contribution in [0.4, 0.5) is 5.82 Å². The standard InChI is InChI=1S/C10H15ClN4O3S/c1-2-13-9-5-7(8(11)6-15-9)10(16)14-3-4-19(12,17)18/h5-6H,2-4H2,1H3,(H,13,15)(H,14,16)(H2,12,17,18). The summed E-state index contributed by atoms with van der Waals surface area (Å²) in [6.07, 6.45) is 1.36. The van der Waals surface area contributed by atoms with Crippen molar-refractivity contribution in [2.75, 3.05) is 24.2 Å². The summed E-state index contributed by atoms with van der Waals surface area (Å²) < 4.78 is 21.5. The van der Waals surface area contributed by atoms with E-state index in [0.717, 1.165) is 0 Å². The molecule has 0 aliphatic heterocycles. The molecule has 106 valence electrons. The van der Waals surface area contributed by atoms with Crippen molar-refractivity contribution in [2.45, 2.75) is 6.92 Å². The zero-order chi connectivity index (χ0) is 14.5. The minimum Gasteiger partial charge on any atom is -0.370 e. The lowest BCUT2D eigenvalue weighted by Gasteiger charge is -2.08. The highest BCUT2D eigenvalue weighted by Crippen LogP contribution is 2.17. The van der Waals surface area contributed by atoms with Crippen LogP contribution in [0.15, 0.2) is 12.3 Å². The zero-order valence-corrected chi connectivity index (χ0v) is 11.9. The molecule has 1 aromatic heterocycles. The molecule has 0 atom stereocenters. The molecular weight excluding hydrogens is 292 g/mol. The van der Waals surface area contributed by atoms with Gasteiger partial charge in [-0.1, -0.05) is 11.6 Å². The van der Waals surface area contributed by atoms with Crippen LogP contribution in [-0.4, -0.2) is 38.2 Å². The molecule has 0 saturated carbocycles. The Bertz CT molecular complexity index is 562. The van der Waals surface area contributed by atoms with Gasteiger partial charge in [0.1, 0.15) is 5.82 Å². The van der Waals surface area contributed by atoms with Crippen LogP contribution in [0.2, 0.25) is 5.02 Å². The highest BCUT2D eigenvalue weighted by atomic mass is 35.5. The van der Waals surface area contributed by atoms with E-state index in [1.165, 1.54) is 12.3 Å². The number of nitrogens with one attached hydrogen (secondary N) is 2. The Morgan fingerprint density at radius 3 is 2.79 bits per heavy atom. The molecule has 1 aromatic rings. The number of hydrogen-bond acceptors (Lipinski definition) is 5. The Morgan fingerprint density at radius 2 is 2.21 bits per heavy atom. The number of amides is 1. The first-order valence-corrected chi connectivity index (χ1v) is 7.61. The average molecular weight is 307 g/mol. The van der Waals surface area contributed by atoms with E-state index in [2.05, 4.69) is 15.6 Å².